The molecular formula is C25H29FN4O4. The molecule has 0 radical (unpaired) electrons. The van der Waals surface area contributed by atoms with Gasteiger partial charge in [-0.05, 0) is 36.8 Å². The molecule has 0 aliphatic rings. The zero-order valence-corrected chi connectivity index (χ0v) is 19.8. The molecule has 0 fully saturated rings. The summed E-state index contributed by atoms with van der Waals surface area (Å²) < 4.78 is 27.0. The summed E-state index contributed by atoms with van der Waals surface area (Å²) in [6.45, 7) is 6.51. The van der Waals surface area contributed by atoms with Crippen LogP contribution in [0.4, 0.5) is 4.39 Å². The van der Waals surface area contributed by atoms with Gasteiger partial charge in [0.1, 0.15) is 12.4 Å². The van der Waals surface area contributed by atoms with Crippen LogP contribution in [0.3, 0.4) is 0 Å². The monoisotopic (exact) mass is 468 g/mol. The van der Waals surface area contributed by atoms with Crippen LogP contribution in [0.25, 0.3) is 27.8 Å². The Morgan fingerprint density at radius 1 is 1.29 bits per heavy atom. The Kier molecular flexibility index (Phi) is 6.67. The van der Waals surface area contributed by atoms with Crippen molar-refractivity contribution in [2.24, 2.45) is 0 Å². The zero-order valence-electron chi connectivity index (χ0n) is 19.8. The number of nitrogens with one attached hydrogen (secondary N) is 1. The summed E-state index contributed by atoms with van der Waals surface area (Å²) in [5.41, 5.74) is 4.55. The summed E-state index contributed by atoms with van der Waals surface area (Å²) >= 11 is 0. The Balaban J connectivity index is 2.06. The van der Waals surface area contributed by atoms with Gasteiger partial charge in [-0.1, -0.05) is 20.8 Å². The number of carboxylic acid groups (broad SMARTS) is 1. The molecule has 3 aromatic heterocycles. The molecule has 4 aromatic rings. The maximum absolute atomic E-state index is 13.8. The summed E-state index contributed by atoms with van der Waals surface area (Å²) in [6.07, 6.45) is 2.43. The normalized spacial score (nSPS) is 13.1. The van der Waals surface area contributed by atoms with Crippen LogP contribution in [0.15, 0.2) is 36.5 Å². The molecule has 180 valence electrons. The number of halogens is 1. The van der Waals surface area contributed by atoms with Gasteiger partial charge < -0.3 is 19.1 Å². The van der Waals surface area contributed by atoms with Crippen molar-refractivity contribution in [3.05, 3.63) is 53.6 Å². The third-order valence-corrected chi connectivity index (χ3v) is 6.06. The molecule has 8 nitrogen and oxygen atoms in total. The van der Waals surface area contributed by atoms with Gasteiger partial charge in [0.15, 0.2) is 5.65 Å². The molecule has 1 aromatic carbocycles. The number of aromatic amines is 1. The molecule has 0 aliphatic heterocycles. The van der Waals surface area contributed by atoms with E-state index in [2.05, 4.69) is 28.6 Å². The lowest BCUT2D eigenvalue weighted by Gasteiger charge is -2.30. The van der Waals surface area contributed by atoms with E-state index in [1.165, 1.54) is 12.1 Å². The largest absolute Gasteiger partial charge is 0.480 e. The van der Waals surface area contributed by atoms with Gasteiger partial charge in [-0.3, -0.25) is 5.10 Å². The van der Waals surface area contributed by atoms with Crippen LogP contribution in [0.2, 0.25) is 0 Å². The highest BCUT2D eigenvalue weighted by atomic mass is 19.1. The van der Waals surface area contributed by atoms with Crippen LogP contribution in [0.5, 0.6) is 0 Å². The van der Waals surface area contributed by atoms with Crippen molar-refractivity contribution in [1.29, 1.82) is 0 Å². The van der Waals surface area contributed by atoms with E-state index in [0.717, 1.165) is 33.4 Å². The van der Waals surface area contributed by atoms with Crippen molar-refractivity contribution >= 4 is 28.0 Å². The maximum atomic E-state index is 13.8. The quantitative estimate of drug-likeness (QED) is 0.354. The molecule has 3 heterocycles. The fourth-order valence-electron chi connectivity index (χ4n) is 4.63. The van der Waals surface area contributed by atoms with Crippen LogP contribution in [-0.4, -0.2) is 57.8 Å². The second-order valence-electron chi connectivity index (χ2n) is 9.07. The number of methoxy groups -OCH3 is 1. The van der Waals surface area contributed by atoms with E-state index in [1.54, 1.807) is 25.4 Å². The molecule has 0 saturated carbocycles. The van der Waals surface area contributed by atoms with Crippen molar-refractivity contribution in [2.75, 3.05) is 26.9 Å². The molecule has 0 amide bonds. The van der Waals surface area contributed by atoms with E-state index < -0.39 is 11.4 Å². The summed E-state index contributed by atoms with van der Waals surface area (Å²) in [4.78, 5) is 16.0. The van der Waals surface area contributed by atoms with Gasteiger partial charge in [0.2, 0.25) is 0 Å². The Bertz CT molecular complexity index is 1310. The van der Waals surface area contributed by atoms with Crippen molar-refractivity contribution in [3.8, 4) is 5.69 Å². The van der Waals surface area contributed by atoms with Crippen molar-refractivity contribution in [1.82, 2.24) is 19.7 Å². The Morgan fingerprint density at radius 3 is 2.68 bits per heavy atom. The number of aliphatic carboxylic acids is 1. The van der Waals surface area contributed by atoms with Crippen LogP contribution >= 0.6 is 0 Å². The average molecular weight is 469 g/mol. The minimum atomic E-state index is -1.01. The minimum Gasteiger partial charge on any atom is -0.480 e. The molecule has 34 heavy (non-hydrogen) atoms. The fraction of sp³-hybridized carbons (Fsp3) is 0.400. The highest BCUT2D eigenvalue weighted by Crippen LogP contribution is 2.42. The van der Waals surface area contributed by atoms with Gasteiger partial charge in [-0.15, -0.1) is 0 Å². The van der Waals surface area contributed by atoms with Gasteiger partial charge >= 0.3 is 5.97 Å². The number of carboxylic acids is 1. The first-order valence-electron chi connectivity index (χ1n) is 11.2. The molecule has 9 heteroatoms. The summed E-state index contributed by atoms with van der Waals surface area (Å²) in [5, 5.41) is 17.0. The van der Waals surface area contributed by atoms with E-state index in [-0.39, 0.29) is 24.9 Å². The first-order chi connectivity index (χ1) is 16.3. The van der Waals surface area contributed by atoms with E-state index in [0.29, 0.717) is 18.7 Å². The zero-order chi connectivity index (χ0) is 24.5. The molecule has 0 spiro atoms. The maximum Gasteiger partial charge on any atom is 0.329 e. The van der Waals surface area contributed by atoms with Gasteiger partial charge in [0, 0.05) is 40.8 Å². The number of ether oxygens (including phenoxy) is 2. The number of benzene rings is 1. The summed E-state index contributed by atoms with van der Waals surface area (Å²) in [7, 11) is 1.66. The summed E-state index contributed by atoms with van der Waals surface area (Å²) in [6, 6.07) is 8.38. The first kappa shape index (κ1) is 23.8. The predicted molar refractivity (Wildman–Crippen MR) is 127 cm³/mol. The number of hydrogen-bond donors (Lipinski definition) is 2. The van der Waals surface area contributed by atoms with Crippen LogP contribution in [0.1, 0.15) is 44.4 Å². The minimum absolute atomic E-state index is 0.123. The number of H-pyrrole nitrogens is 1. The van der Waals surface area contributed by atoms with E-state index >= 15 is 0 Å². The fourth-order valence-corrected chi connectivity index (χ4v) is 4.63. The third-order valence-electron chi connectivity index (χ3n) is 6.06. The first-order valence-corrected chi connectivity index (χ1v) is 11.2. The highest BCUT2D eigenvalue weighted by Gasteiger charge is 2.35. The van der Waals surface area contributed by atoms with Gasteiger partial charge in [-0.2, -0.15) is 5.10 Å². The highest BCUT2D eigenvalue weighted by molar-refractivity contribution is 5.93. The standard InChI is InChI=1S/C25H29FN4O4/c1-5-15(12-34-13-20(31)32)21-22-19(10-16-11-27-29-24(16)28-22)30(18-8-6-17(26)7-9-18)23(21)25(2,3)14-33-4/h6-11,15H,5,12-14H2,1-4H3,(H,31,32)(H,27,28,29)/t15-/m1/s1. The number of fused-ring (bicyclic) bond motifs is 2. The lowest BCUT2D eigenvalue weighted by Crippen LogP contribution is -2.29. The second kappa shape index (κ2) is 9.52. The second-order valence-corrected chi connectivity index (χ2v) is 9.07. The third kappa shape index (κ3) is 4.41. The lowest BCUT2D eigenvalue weighted by molar-refractivity contribution is -0.142. The number of hydrogen-bond acceptors (Lipinski definition) is 5. The Morgan fingerprint density at radius 2 is 2.03 bits per heavy atom. The van der Waals surface area contributed by atoms with Gasteiger partial charge in [0.25, 0.3) is 0 Å². The van der Waals surface area contributed by atoms with Crippen LogP contribution in [0, 0.1) is 5.82 Å². The van der Waals surface area contributed by atoms with Crippen molar-refractivity contribution in [2.45, 2.75) is 38.5 Å². The molecule has 1 atom stereocenters. The molecule has 0 bridgehead atoms. The molecular weight excluding hydrogens is 439 g/mol. The Labute approximate surface area is 196 Å². The van der Waals surface area contributed by atoms with Gasteiger partial charge in [-0.25, -0.2) is 14.2 Å². The smallest absolute Gasteiger partial charge is 0.329 e. The molecule has 4 rings (SSSR count). The lowest BCUT2D eigenvalue weighted by atomic mass is 9.83. The number of carbonyl (C=O) groups is 1. The van der Waals surface area contributed by atoms with Gasteiger partial charge in [0.05, 0.1) is 30.4 Å². The van der Waals surface area contributed by atoms with Crippen molar-refractivity contribution in [3.63, 3.8) is 0 Å². The van der Waals surface area contributed by atoms with Crippen LogP contribution < -0.4 is 0 Å². The molecule has 0 aliphatic carbocycles. The van der Waals surface area contributed by atoms with E-state index in [1.807, 2.05) is 13.0 Å². The topological polar surface area (TPSA) is 102 Å². The average Bonchev–Trinajstić information content (AvgIpc) is 3.38. The Hall–Kier alpha value is -3.30. The SMILES string of the molecule is CC[C@H](COCC(=O)O)c1c(C(C)(C)COC)n(-c2ccc(F)cc2)c2cc3cn[nH]c3nc12. The predicted octanol–water partition coefficient (Wildman–Crippen LogP) is 4.56. The van der Waals surface area contributed by atoms with Crippen molar-refractivity contribution < 1.29 is 23.8 Å². The molecule has 2 N–H and O–H groups in total. The number of aromatic nitrogens is 4. The van der Waals surface area contributed by atoms with Crippen LogP contribution in [-0.2, 0) is 19.7 Å². The van der Waals surface area contributed by atoms with E-state index in [4.69, 9.17) is 19.6 Å². The number of rotatable bonds is 10. The molecule has 0 saturated heterocycles. The molecule has 0 unspecified atom stereocenters. The van der Waals surface area contributed by atoms with E-state index in [9.17, 15) is 9.18 Å². The summed E-state index contributed by atoms with van der Waals surface area (Å²) in [5.74, 6) is -1.45. The number of nitrogens with zero attached hydrogens (tertiary/aromatic N) is 3. The number of pyridine rings is 1.